The number of halogens is 1. The summed E-state index contributed by atoms with van der Waals surface area (Å²) in [6.07, 6.45) is 0. The first-order valence-corrected chi connectivity index (χ1v) is 4.43. The zero-order valence-electron chi connectivity index (χ0n) is 8.57. The van der Waals surface area contributed by atoms with Crippen molar-refractivity contribution in [2.75, 3.05) is 11.9 Å². The maximum atomic E-state index is 11.8. The van der Waals surface area contributed by atoms with E-state index in [1.54, 1.807) is 4.90 Å². The SMILES string of the molecule is Br.CN1C(=O)C(C)(C)c2ccccc21. The Balaban J connectivity index is 0.000000980. The number of hydrogen-bond donors (Lipinski definition) is 0. The van der Waals surface area contributed by atoms with Gasteiger partial charge in [-0.2, -0.15) is 0 Å². The second-order valence-corrected chi connectivity index (χ2v) is 4.01. The quantitative estimate of drug-likeness (QED) is 0.698. The summed E-state index contributed by atoms with van der Waals surface area (Å²) >= 11 is 0. The van der Waals surface area contributed by atoms with Gasteiger partial charge < -0.3 is 4.90 Å². The molecular weight excluding hydrogens is 242 g/mol. The number of amides is 1. The molecule has 0 radical (unpaired) electrons. The number of rotatable bonds is 0. The van der Waals surface area contributed by atoms with Crippen LogP contribution in [-0.2, 0) is 10.2 Å². The van der Waals surface area contributed by atoms with Crippen LogP contribution in [0.25, 0.3) is 0 Å². The Labute approximate surface area is 94.7 Å². The van der Waals surface area contributed by atoms with E-state index in [0.717, 1.165) is 11.3 Å². The third-order valence-electron chi connectivity index (χ3n) is 2.78. The molecule has 1 aromatic rings. The number of likely N-dealkylation sites (N-methyl/N-ethyl adjacent to an activating group) is 1. The third kappa shape index (κ3) is 1.27. The summed E-state index contributed by atoms with van der Waals surface area (Å²) in [4.78, 5) is 13.5. The Hall–Kier alpha value is -0.830. The lowest BCUT2D eigenvalue weighted by Crippen LogP contribution is -2.33. The minimum Gasteiger partial charge on any atom is -0.314 e. The van der Waals surface area contributed by atoms with Crippen molar-refractivity contribution in [2.45, 2.75) is 19.3 Å². The largest absolute Gasteiger partial charge is 0.314 e. The molecule has 1 heterocycles. The van der Waals surface area contributed by atoms with E-state index in [0.29, 0.717) is 0 Å². The molecule has 0 fully saturated rings. The molecule has 0 saturated heterocycles. The van der Waals surface area contributed by atoms with Crippen LogP contribution in [-0.4, -0.2) is 13.0 Å². The van der Waals surface area contributed by atoms with Gasteiger partial charge in [-0.15, -0.1) is 17.0 Å². The van der Waals surface area contributed by atoms with Crippen molar-refractivity contribution in [2.24, 2.45) is 0 Å². The average Bonchev–Trinajstić information content (AvgIpc) is 2.30. The molecule has 0 aromatic heterocycles. The van der Waals surface area contributed by atoms with Gasteiger partial charge in [-0.1, -0.05) is 18.2 Å². The molecule has 1 aliphatic rings. The van der Waals surface area contributed by atoms with E-state index in [1.165, 1.54) is 0 Å². The molecule has 1 aliphatic heterocycles. The van der Waals surface area contributed by atoms with Crippen molar-refractivity contribution in [3.05, 3.63) is 29.8 Å². The van der Waals surface area contributed by atoms with Crippen LogP contribution in [0.1, 0.15) is 19.4 Å². The van der Waals surface area contributed by atoms with Crippen molar-refractivity contribution in [1.29, 1.82) is 0 Å². The maximum absolute atomic E-state index is 11.8. The average molecular weight is 256 g/mol. The zero-order chi connectivity index (χ0) is 9.64. The Kier molecular flexibility index (Phi) is 2.72. The molecule has 2 nitrogen and oxygen atoms in total. The van der Waals surface area contributed by atoms with Gasteiger partial charge in [0.05, 0.1) is 5.41 Å². The zero-order valence-corrected chi connectivity index (χ0v) is 10.3. The number of anilines is 1. The summed E-state index contributed by atoms with van der Waals surface area (Å²) in [5.41, 5.74) is 1.81. The fraction of sp³-hybridized carbons (Fsp3) is 0.364. The summed E-state index contributed by atoms with van der Waals surface area (Å²) in [5, 5.41) is 0. The minimum absolute atomic E-state index is 0. The summed E-state index contributed by atoms with van der Waals surface area (Å²) in [7, 11) is 1.83. The summed E-state index contributed by atoms with van der Waals surface area (Å²) in [6, 6.07) is 7.95. The smallest absolute Gasteiger partial charge is 0.236 e. The van der Waals surface area contributed by atoms with Crippen molar-refractivity contribution in [1.82, 2.24) is 0 Å². The van der Waals surface area contributed by atoms with Gasteiger partial charge in [-0.05, 0) is 25.5 Å². The summed E-state index contributed by atoms with van der Waals surface area (Å²) < 4.78 is 0. The molecule has 0 bridgehead atoms. The standard InChI is InChI=1S/C11H13NO.BrH/c1-11(2)8-6-4-5-7-9(8)12(3)10(11)13;/h4-7H,1-3H3;1H. The highest BCUT2D eigenvalue weighted by molar-refractivity contribution is 8.93. The van der Waals surface area contributed by atoms with Gasteiger partial charge in [0.25, 0.3) is 0 Å². The molecule has 0 spiro atoms. The monoisotopic (exact) mass is 255 g/mol. The van der Waals surface area contributed by atoms with Crippen molar-refractivity contribution in [3.8, 4) is 0 Å². The van der Waals surface area contributed by atoms with E-state index in [2.05, 4.69) is 0 Å². The van der Waals surface area contributed by atoms with Gasteiger partial charge in [0, 0.05) is 12.7 Å². The molecule has 0 unspecified atom stereocenters. The normalized spacial score (nSPS) is 17.6. The molecule has 1 aromatic carbocycles. The number of nitrogens with zero attached hydrogens (tertiary/aromatic N) is 1. The lowest BCUT2D eigenvalue weighted by molar-refractivity contribution is -0.121. The predicted molar refractivity (Wildman–Crippen MR) is 63.2 cm³/mol. The van der Waals surface area contributed by atoms with Crippen molar-refractivity contribution >= 4 is 28.6 Å². The van der Waals surface area contributed by atoms with Gasteiger partial charge >= 0.3 is 0 Å². The fourth-order valence-corrected chi connectivity index (χ4v) is 1.94. The molecule has 0 aliphatic carbocycles. The first kappa shape index (κ1) is 11.2. The summed E-state index contributed by atoms with van der Waals surface area (Å²) in [6.45, 7) is 3.94. The molecular formula is C11H14BrNO. The third-order valence-corrected chi connectivity index (χ3v) is 2.78. The van der Waals surface area contributed by atoms with E-state index in [9.17, 15) is 4.79 Å². The van der Waals surface area contributed by atoms with Crippen molar-refractivity contribution in [3.63, 3.8) is 0 Å². The van der Waals surface area contributed by atoms with Crippen LogP contribution in [0.3, 0.4) is 0 Å². The highest BCUT2D eigenvalue weighted by atomic mass is 79.9. The lowest BCUT2D eigenvalue weighted by Gasteiger charge is -2.16. The van der Waals surface area contributed by atoms with Crippen LogP contribution in [0.5, 0.6) is 0 Å². The molecule has 0 atom stereocenters. The van der Waals surface area contributed by atoms with Crippen molar-refractivity contribution < 1.29 is 4.79 Å². The Bertz CT molecular complexity index is 373. The van der Waals surface area contributed by atoms with Crippen LogP contribution in [0.15, 0.2) is 24.3 Å². The second-order valence-electron chi connectivity index (χ2n) is 4.01. The van der Waals surface area contributed by atoms with E-state index in [1.807, 2.05) is 45.2 Å². The van der Waals surface area contributed by atoms with Gasteiger partial charge in [0.2, 0.25) is 5.91 Å². The van der Waals surface area contributed by atoms with E-state index in [-0.39, 0.29) is 28.3 Å². The van der Waals surface area contributed by atoms with Gasteiger partial charge in [0.1, 0.15) is 0 Å². The topological polar surface area (TPSA) is 20.3 Å². The van der Waals surface area contributed by atoms with Crippen LogP contribution in [0, 0.1) is 0 Å². The van der Waals surface area contributed by atoms with E-state index >= 15 is 0 Å². The van der Waals surface area contributed by atoms with E-state index in [4.69, 9.17) is 0 Å². The molecule has 14 heavy (non-hydrogen) atoms. The molecule has 1 amide bonds. The number of fused-ring (bicyclic) bond motifs is 1. The van der Waals surface area contributed by atoms with Gasteiger partial charge in [-0.3, -0.25) is 4.79 Å². The second kappa shape index (κ2) is 3.39. The number of benzene rings is 1. The fourth-order valence-electron chi connectivity index (χ4n) is 1.94. The molecule has 0 N–H and O–H groups in total. The van der Waals surface area contributed by atoms with Crippen LogP contribution >= 0.6 is 17.0 Å². The van der Waals surface area contributed by atoms with Crippen LogP contribution < -0.4 is 4.90 Å². The first-order chi connectivity index (χ1) is 6.05. The van der Waals surface area contributed by atoms with Crippen LogP contribution in [0.4, 0.5) is 5.69 Å². The molecule has 0 saturated carbocycles. The number of carbonyl (C=O) groups excluding carboxylic acids is 1. The number of carbonyl (C=O) groups is 1. The summed E-state index contributed by atoms with van der Waals surface area (Å²) in [5.74, 6) is 0.175. The van der Waals surface area contributed by atoms with Gasteiger partial charge in [0.15, 0.2) is 0 Å². The number of hydrogen-bond acceptors (Lipinski definition) is 1. The lowest BCUT2D eigenvalue weighted by atomic mass is 9.86. The van der Waals surface area contributed by atoms with Crippen LogP contribution in [0.2, 0.25) is 0 Å². The Morgan fingerprint density at radius 1 is 1.21 bits per heavy atom. The molecule has 3 heteroatoms. The highest BCUT2D eigenvalue weighted by Crippen LogP contribution is 2.39. The van der Waals surface area contributed by atoms with E-state index < -0.39 is 0 Å². The Morgan fingerprint density at radius 2 is 1.79 bits per heavy atom. The predicted octanol–water partition coefficient (Wildman–Crippen LogP) is 2.52. The maximum Gasteiger partial charge on any atom is 0.236 e. The molecule has 2 rings (SSSR count). The first-order valence-electron chi connectivity index (χ1n) is 4.43. The highest BCUT2D eigenvalue weighted by Gasteiger charge is 2.41. The van der Waals surface area contributed by atoms with Gasteiger partial charge in [-0.25, -0.2) is 0 Å². The minimum atomic E-state index is -0.356. The molecule has 76 valence electrons. The number of para-hydroxylation sites is 1. The Morgan fingerprint density at radius 3 is 2.36 bits per heavy atom.